The number of hydrogen-bond acceptors (Lipinski definition) is 3. The summed E-state index contributed by atoms with van der Waals surface area (Å²) in [7, 11) is 3.19. The van der Waals surface area contributed by atoms with Gasteiger partial charge in [0.2, 0.25) is 5.91 Å². The zero-order valence-electron chi connectivity index (χ0n) is 16.6. The van der Waals surface area contributed by atoms with Crippen LogP contribution in [0.4, 0.5) is 10.5 Å². The van der Waals surface area contributed by atoms with Crippen molar-refractivity contribution in [1.29, 1.82) is 0 Å². The van der Waals surface area contributed by atoms with E-state index in [9.17, 15) is 9.59 Å². The van der Waals surface area contributed by atoms with Crippen molar-refractivity contribution >= 4 is 17.6 Å². The predicted octanol–water partition coefficient (Wildman–Crippen LogP) is 3.40. The van der Waals surface area contributed by atoms with E-state index in [1.54, 1.807) is 14.2 Å². The molecule has 0 saturated carbocycles. The van der Waals surface area contributed by atoms with Crippen molar-refractivity contribution in [2.75, 3.05) is 26.0 Å². The van der Waals surface area contributed by atoms with Gasteiger partial charge in [0, 0.05) is 19.3 Å². The molecule has 27 heavy (non-hydrogen) atoms. The number of ether oxygens (including phenoxy) is 1. The first kappa shape index (κ1) is 20.3. The molecule has 0 aliphatic rings. The largest absolute Gasteiger partial charge is 0.497 e. The number of nitrogens with one attached hydrogen (secondary N) is 2. The first-order valence-corrected chi connectivity index (χ1v) is 8.79. The Labute approximate surface area is 160 Å². The Morgan fingerprint density at radius 3 is 2.37 bits per heavy atom. The van der Waals surface area contributed by atoms with Crippen LogP contribution in [-0.2, 0) is 11.3 Å². The van der Waals surface area contributed by atoms with E-state index in [0.717, 1.165) is 33.7 Å². The molecule has 2 aromatic rings. The molecule has 0 fully saturated rings. The van der Waals surface area contributed by atoms with Crippen molar-refractivity contribution in [3.63, 3.8) is 0 Å². The molecule has 2 N–H and O–H groups in total. The molecule has 144 valence electrons. The van der Waals surface area contributed by atoms with Gasteiger partial charge < -0.3 is 20.3 Å². The van der Waals surface area contributed by atoms with Gasteiger partial charge in [0.1, 0.15) is 12.3 Å². The summed E-state index contributed by atoms with van der Waals surface area (Å²) in [6.07, 6.45) is 0. The van der Waals surface area contributed by atoms with Crippen molar-refractivity contribution in [3.8, 4) is 5.75 Å². The fraction of sp³-hybridized carbons (Fsp3) is 0.333. The summed E-state index contributed by atoms with van der Waals surface area (Å²) in [4.78, 5) is 25.9. The number of nitrogens with zero attached hydrogens (tertiary/aromatic N) is 1. The molecule has 0 atom stereocenters. The first-order valence-electron chi connectivity index (χ1n) is 8.79. The quantitative estimate of drug-likeness (QED) is 0.820. The van der Waals surface area contributed by atoms with Gasteiger partial charge in [-0.05, 0) is 49.6 Å². The number of benzene rings is 2. The first-order chi connectivity index (χ1) is 12.8. The van der Waals surface area contributed by atoms with E-state index in [1.165, 1.54) is 4.90 Å². The Morgan fingerprint density at radius 2 is 1.74 bits per heavy atom. The molecule has 0 aliphatic carbocycles. The van der Waals surface area contributed by atoms with Gasteiger partial charge in [-0.15, -0.1) is 0 Å². The van der Waals surface area contributed by atoms with Crippen LogP contribution >= 0.6 is 0 Å². The number of carbonyl (C=O) groups is 2. The highest BCUT2D eigenvalue weighted by molar-refractivity contribution is 5.95. The third-order valence-corrected chi connectivity index (χ3v) is 4.25. The van der Waals surface area contributed by atoms with Crippen molar-refractivity contribution in [1.82, 2.24) is 10.2 Å². The molecule has 2 rings (SSSR count). The molecule has 2 aromatic carbocycles. The van der Waals surface area contributed by atoms with Crippen LogP contribution in [0.2, 0.25) is 0 Å². The number of rotatable bonds is 6. The van der Waals surface area contributed by atoms with Crippen LogP contribution in [0.25, 0.3) is 0 Å². The third kappa shape index (κ3) is 5.74. The van der Waals surface area contributed by atoms with Gasteiger partial charge in [0.25, 0.3) is 0 Å². The van der Waals surface area contributed by atoms with Crippen LogP contribution in [0, 0.1) is 20.8 Å². The van der Waals surface area contributed by atoms with E-state index in [4.69, 9.17) is 4.74 Å². The lowest BCUT2D eigenvalue weighted by Gasteiger charge is -2.19. The van der Waals surface area contributed by atoms with E-state index < -0.39 is 0 Å². The number of urea groups is 1. The summed E-state index contributed by atoms with van der Waals surface area (Å²) in [6, 6.07) is 11.2. The molecule has 0 spiro atoms. The van der Waals surface area contributed by atoms with Gasteiger partial charge in [-0.1, -0.05) is 29.8 Å². The molecule has 3 amide bonds. The average molecular weight is 369 g/mol. The second kappa shape index (κ2) is 9.07. The molecule has 0 radical (unpaired) electrons. The number of carbonyl (C=O) groups excluding carboxylic acids is 2. The highest BCUT2D eigenvalue weighted by atomic mass is 16.5. The second-order valence-corrected chi connectivity index (χ2v) is 6.69. The molecule has 6 nitrogen and oxygen atoms in total. The van der Waals surface area contributed by atoms with Crippen LogP contribution in [0.5, 0.6) is 5.75 Å². The maximum atomic E-state index is 12.3. The van der Waals surface area contributed by atoms with Crippen molar-refractivity contribution in [2.24, 2.45) is 0 Å². The number of methoxy groups -OCH3 is 1. The van der Waals surface area contributed by atoms with E-state index >= 15 is 0 Å². The highest BCUT2D eigenvalue weighted by Crippen LogP contribution is 2.21. The van der Waals surface area contributed by atoms with Crippen molar-refractivity contribution in [2.45, 2.75) is 27.3 Å². The van der Waals surface area contributed by atoms with Gasteiger partial charge in [-0.25, -0.2) is 4.79 Å². The Hall–Kier alpha value is -3.02. The molecule has 0 aromatic heterocycles. The van der Waals surface area contributed by atoms with E-state index in [-0.39, 0.29) is 18.5 Å². The molecule has 0 aliphatic heterocycles. The highest BCUT2D eigenvalue weighted by Gasteiger charge is 2.14. The predicted molar refractivity (Wildman–Crippen MR) is 107 cm³/mol. The number of amides is 3. The molecule has 6 heteroatoms. The van der Waals surface area contributed by atoms with Gasteiger partial charge in [-0.2, -0.15) is 0 Å². The molecule has 0 saturated heterocycles. The lowest BCUT2D eigenvalue weighted by molar-refractivity contribution is -0.116. The molecular weight excluding hydrogens is 342 g/mol. The SMILES string of the molecule is COc1cccc(CNC(=O)N(C)CC(=O)Nc2c(C)cc(C)cc2C)c1. The topological polar surface area (TPSA) is 70.7 Å². The lowest BCUT2D eigenvalue weighted by atomic mass is 10.1. The Balaban J connectivity index is 1.89. The minimum atomic E-state index is -0.315. The van der Waals surface area contributed by atoms with Gasteiger partial charge in [0.05, 0.1) is 7.11 Å². The third-order valence-electron chi connectivity index (χ3n) is 4.25. The normalized spacial score (nSPS) is 10.3. The number of aryl methyl sites for hydroxylation is 3. The van der Waals surface area contributed by atoms with E-state index in [1.807, 2.05) is 57.2 Å². The molecular formula is C21H27N3O3. The number of hydrogen-bond donors (Lipinski definition) is 2. The minimum absolute atomic E-state index is 0.0311. The van der Waals surface area contributed by atoms with Crippen LogP contribution in [-0.4, -0.2) is 37.5 Å². The van der Waals surface area contributed by atoms with Crippen LogP contribution in [0.3, 0.4) is 0 Å². The summed E-state index contributed by atoms with van der Waals surface area (Å²) in [5.74, 6) is 0.502. The zero-order valence-corrected chi connectivity index (χ0v) is 16.6. The van der Waals surface area contributed by atoms with Crippen LogP contribution in [0.15, 0.2) is 36.4 Å². The Bertz CT molecular complexity index is 810. The summed E-state index contributed by atoms with van der Waals surface area (Å²) >= 11 is 0. The van der Waals surface area contributed by atoms with Gasteiger partial charge in [0.15, 0.2) is 0 Å². The monoisotopic (exact) mass is 369 g/mol. The Kier molecular flexibility index (Phi) is 6.82. The summed E-state index contributed by atoms with van der Waals surface area (Å²) < 4.78 is 5.17. The number of likely N-dealkylation sites (N-methyl/N-ethyl adjacent to an activating group) is 1. The number of anilines is 1. The maximum absolute atomic E-state index is 12.3. The standard InChI is InChI=1S/C21H27N3O3/c1-14-9-15(2)20(16(3)10-14)23-19(25)13-24(4)21(26)22-12-17-7-6-8-18(11-17)27-5/h6-11H,12-13H2,1-5H3,(H,22,26)(H,23,25). The second-order valence-electron chi connectivity index (χ2n) is 6.69. The minimum Gasteiger partial charge on any atom is -0.497 e. The van der Waals surface area contributed by atoms with Crippen molar-refractivity contribution in [3.05, 3.63) is 58.7 Å². The van der Waals surface area contributed by atoms with Crippen LogP contribution < -0.4 is 15.4 Å². The smallest absolute Gasteiger partial charge is 0.317 e. The van der Waals surface area contributed by atoms with E-state index in [0.29, 0.717) is 6.54 Å². The van der Waals surface area contributed by atoms with E-state index in [2.05, 4.69) is 10.6 Å². The molecule has 0 bridgehead atoms. The van der Waals surface area contributed by atoms with Gasteiger partial charge in [-0.3, -0.25) is 4.79 Å². The van der Waals surface area contributed by atoms with Crippen LogP contribution in [0.1, 0.15) is 22.3 Å². The van der Waals surface area contributed by atoms with Gasteiger partial charge >= 0.3 is 6.03 Å². The molecule has 0 heterocycles. The Morgan fingerprint density at radius 1 is 1.07 bits per heavy atom. The summed E-state index contributed by atoms with van der Waals surface area (Å²) in [6.45, 7) is 6.27. The summed E-state index contributed by atoms with van der Waals surface area (Å²) in [5, 5.41) is 5.70. The lowest BCUT2D eigenvalue weighted by Crippen LogP contribution is -2.41. The fourth-order valence-corrected chi connectivity index (χ4v) is 2.94. The zero-order chi connectivity index (χ0) is 20.0. The van der Waals surface area contributed by atoms with Crippen molar-refractivity contribution < 1.29 is 14.3 Å². The molecule has 0 unspecified atom stereocenters. The maximum Gasteiger partial charge on any atom is 0.317 e. The summed E-state index contributed by atoms with van der Waals surface area (Å²) in [5.41, 5.74) is 4.89. The average Bonchev–Trinajstić information content (AvgIpc) is 2.62. The fourth-order valence-electron chi connectivity index (χ4n) is 2.94.